The van der Waals surface area contributed by atoms with Crippen LogP contribution in [0, 0.1) is 5.92 Å². The first-order valence-corrected chi connectivity index (χ1v) is 7.36. The maximum atomic E-state index is 6.03. The van der Waals surface area contributed by atoms with E-state index in [0.29, 0.717) is 12.1 Å². The molecule has 102 valence electrons. The van der Waals surface area contributed by atoms with E-state index >= 15 is 0 Å². The molecule has 0 aliphatic carbocycles. The Morgan fingerprint density at radius 1 is 1.35 bits per heavy atom. The SMILES string of the molecule is CCNC(CCCC1CCC(C)(C)O1)C(C)C. The molecule has 17 heavy (non-hydrogen) atoms. The maximum Gasteiger partial charge on any atom is 0.0631 e. The van der Waals surface area contributed by atoms with Crippen molar-refractivity contribution in [1.29, 1.82) is 0 Å². The van der Waals surface area contributed by atoms with Crippen molar-refractivity contribution < 1.29 is 4.74 Å². The second kappa shape index (κ2) is 6.75. The number of rotatable bonds is 7. The van der Waals surface area contributed by atoms with Gasteiger partial charge >= 0.3 is 0 Å². The molecule has 2 nitrogen and oxygen atoms in total. The Labute approximate surface area is 108 Å². The lowest BCUT2D eigenvalue weighted by atomic mass is 9.96. The highest BCUT2D eigenvalue weighted by Gasteiger charge is 2.31. The summed E-state index contributed by atoms with van der Waals surface area (Å²) in [6, 6.07) is 0.675. The molecule has 1 heterocycles. The second-order valence-corrected chi connectivity index (χ2v) is 6.38. The summed E-state index contributed by atoms with van der Waals surface area (Å²) in [5, 5.41) is 3.58. The van der Waals surface area contributed by atoms with Crippen LogP contribution in [0.15, 0.2) is 0 Å². The average Bonchev–Trinajstić information content (AvgIpc) is 2.57. The van der Waals surface area contributed by atoms with Crippen LogP contribution in [-0.2, 0) is 4.74 Å². The highest BCUT2D eigenvalue weighted by atomic mass is 16.5. The van der Waals surface area contributed by atoms with Crippen LogP contribution in [0.5, 0.6) is 0 Å². The van der Waals surface area contributed by atoms with Gasteiger partial charge in [0.1, 0.15) is 0 Å². The predicted octanol–water partition coefficient (Wildman–Crippen LogP) is 3.75. The first kappa shape index (κ1) is 15.0. The summed E-state index contributed by atoms with van der Waals surface area (Å²) in [6.07, 6.45) is 6.79. The number of hydrogen-bond acceptors (Lipinski definition) is 2. The molecule has 1 saturated heterocycles. The zero-order chi connectivity index (χ0) is 12.9. The molecule has 0 aromatic rings. The van der Waals surface area contributed by atoms with Crippen molar-refractivity contribution in [3.05, 3.63) is 0 Å². The van der Waals surface area contributed by atoms with E-state index in [-0.39, 0.29) is 5.60 Å². The van der Waals surface area contributed by atoms with Gasteiger partial charge in [-0.2, -0.15) is 0 Å². The summed E-state index contributed by atoms with van der Waals surface area (Å²) in [4.78, 5) is 0. The van der Waals surface area contributed by atoms with Crippen molar-refractivity contribution in [3.8, 4) is 0 Å². The third-order valence-corrected chi connectivity index (χ3v) is 3.87. The Kier molecular flexibility index (Phi) is 5.94. The summed E-state index contributed by atoms with van der Waals surface area (Å²) >= 11 is 0. The fourth-order valence-corrected chi connectivity index (χ4v) is 2.78. The predicted molar refractivity (Wildman–Crippen MR) is 74.3 cm³/mol. The van der Waals surface area contributed by atoms with E-state index in [1.54, 1.807) is 0 Å². The van der Waals surface area contributed by atoms with Crippen molar-refractivity contribution in [3.63, 3.8) is 0 Å². The van der Waals surface area contributed by atoms with Gasteiger partial charge in [-0.1, -0.05) is 20.8 Å². The first-order chi connectivity index (χ1) is 7.94. The largest absolute Gasteiger partial charge is 0.372 e. The van der Waals surface area contributed by atoms with Crippen LogP contribution in [0.1, 0.15) is 66.7 Å². The Morgan fingerprint density at radius 3 is 2.53 bits per heavy atom. The fourth-order valence-electron chi connectivity index (χ4n) is 2.78. The number of ether oxygens (including phenoxy) is 1. The molecule has 0 aromatic carbocycles. The van der Waals surface area contributed by atoms with E-state index in [4.69, 9.17) is 4.74 Å². The van der Waals surface area contributed by atoms with E-state index in [9.17, 15) is 0 Å². The standard InChI is InChI=1S/C15H31NO/c1-6-16-14(12(2)3)9-7-8-13-10-11-15(4,5)17-13/h12-14,16H,6-11H2,1-5H3. The lowest BCUT2D eigenvalue weighted by Gasteiger charge is -2.23. The summed E-state index contributed by atoms with van der Waals surface area (Å²) in [6.45, 7) is 12.3. The van der Waals surface area contributed by atoms with Crippen molar-refractivity contribution in [2.24, 2.45) is 5.92 Å². The molecule has 0 saturated carbocycles. The van der Waals surface area contributed by atoms with Crippen molar-refractivity contribution in [2.75, 3.05) is 6.54 Å². The van der Waals surface area contributed by atoms with Gasteiger partial charge in [-0.15, -0.1) is 0 Å². The summed E-state index contributed by atoms with van der Waals surface area (Å²) in [5.74, 6) is 0.732. The summed E-state index contributed by atoms with van der Waals surface area (Å²) < 4.78 is 6.03. The van der Waals surface area contributed by atoms with Gasteiger partial charge in [-0.25, -0.2) is 0 Å². The topological polar surface area (TPSA) is 21.3 Å². The highest BCUT2D eigenvalue weighted by molar-refractivity contribution is 4.81. The molecule has 1 fully saturated rings. The van der Waals surface area contributed by atoms with Crippen LogP contribution < -0.4 is 5.32 Å². The molecular weight excluding hydrogens is 210 g/mol. The van der Waals surface area contributed by atoms with Gasteiger partial charge in [0.2, 0.25) is 0 Å². The van der Waals surface area contributed by atoms with Gasteiger partial charge in [0.15, 0.2) is 0 Å². The zero-order valence-corrected chi connectivity index (χ0v) is 12.4. The van der Waals surface area contributed by atoms with Crippen LogP contribution in [0.3, 0.4) is 0 Å². The van der Waals surface area contributed by atoms with Crippen LogP contribution in [0.2, 0.25) is 0 Å². The Morgan fingerprint density at radius 2 is 2.06 bits per heavy atom. The molecule has 2 atom stereocenters. The quantitative estimate of drug-likeness (QED) is 0.733. The molecular formula is C15H31NO. The molecule has 2 unspecified atom stereocenters. The highest BCUT2D eigenvalue weighted by Crippen LogP contribution is 2.31. The Hall–Kier alpha value is -0.0800. The van der Waals surface area contributed by atoms with Gasteiger partial charge < -0.3 is 10.1 Å². The van der Waals surface area contributed by atoms with E-state index < -0.39 is 0 Å². The lowest BCUT2D eigenvalue weighted by molar-refractivity contribution is -0.0194. The molecule has 1 rings (SSSR count). The molecule has 0 spiro atoms. The summed E-state index contributed by atoms with van der Waals surface area (Å²) in [7, 11) is 0. The molecule has 1 aliphatic heterocycles. The minimum Gasteiger partial charge on any atom is -0.372 e. The molecule has 0 aromatic heterocycles. The van der Waals surface area contributed by atoms with Crippen molar-refractivity contribution in [2.45, 2.75) is 84.5 Å². The Bertz CT molecular complexity index is 213. The smallest absolute Gasteiger partial charge is 0.0631 e. The van der Waals surface area contributed by atoms with Crippen molar-refractivity contribution in [1.82, 2.24) is 5.32 Å². The van der Waals surface area contributed by atoms with Gasteiger partial charge in [0.05, 0.1) is 11.7 Å². The minimum absolute atomic E-state index is 0.129. The minimum atomic E-state index is 0.129. The molecule has 2 heteroatoms. The Balaban J connectivity index is 2.18. The second-order valence-electron chi connectivity index (χ2n) is 6.38. The molecule has 1 aliphatic rings. The van der Waals surface area contributed by atoms with E-state index in [1.165, 1.54) is 32.1 Å². The van der Waals surface area contributed by atoms with E-state index in [0.717, 1.165) is 12.5 Å². The van der Waals surface area contributed by atoms with Gasteiger partial charge in [-0.3, -0.25) is 0 Å². The normalized spacial score (nSPS) is 25.4. The van der Waals surface area contributed by atoms with E-state index in [2.05, 4.69) is 39.9 Å². The van der Waals surface area contributed by atoms with Crippen molar-refractivity contribution >= 4 is 0 Å². The number of nitrogens with one attached hydrogen (secondary N) is 1. The maximum absolute atomic E-state index is 6.03. The van der Waals surface area contributed by atoms with Gasteiger partial charge in [0.25, 0.3) is 0 Å². The zero-order valence-electron chi connectivity index (χ0n) is 12.4. The van der Waals surface area contributed by atoms with Gasteiger partial charge in [0, 0.05) is 6.04 Å². The average molecular weight is 241 g/mol. The van der Waals surface area contributed by atoms with Crippen LogP contribution >= 0.6 is 0 Å². The first-order valence-electron chi connectivity index (χ1n) is 7.36. The summed E-state index contributed by atoms with van der Waals surface area (Å²) in [5.41, 5.74) is 0.129. The molecule has 1 N–H and O–H groups in total. The lowest BCUT2D eigenvalue weighted by Crippen LogP contribution is -2.33. The third kappa shape index (κ3) is 5.39. The monoisotopic (exact) mass is 241 g/mol. The van der Waals surface area contributed by atoms with Crippen LogP contribution in [0.25, 0.3) is 0 Å². The molecule has 0 radical (unpaired) electrons. The van der Waals surface area contributed by atoms with Gasteiger partial charge in [-0.05, 0) is 58.4 Å². The molecule has 0 amide bonds. The fraction of sp³-hybridized carbons (Fsp3) is 1.00. The van der Waals surface area contributed by atoms with Crippen LogP contribution in [0.4, 0.5) is 0 Å². The molecule has 0 bridgehead atoms. The van der Waals surface area contributed by atoms with Crippen LogP contribution in [-0.4, -0.2) is 24.3 Å². The number of hydrogen-bond donors (Lipinski definition) is 1. The van der Waals surface area contributed by atoms with E-state index in [1.807, 2.05) is 0 Å². The third-order valence-electron chi connectivity index (χ3n) is 3.87.